The van der Waals surface area contributed by atoms with E-state index in [0.717, 1.165) is 22.0 Å². The van der Waals surface area contributed by atoms with Crippen molar-refractivity contribution in [2.45, 2.75) is 31.7 Å². The first-order chi connectivity index (χ1) is 15.9. The Hall–Kier alpha value is -3.54. The Bertz CT molecular complexity index is 1290. The summed E-state index contributed by atoms with van der Waals surface area (Å²) in [7, 11) is 0. The summed E-state index contributed by atoms with van der Waals surface area (Å²) in [5.74, 6) is 0.0152. The number of hydrogen-bond donors (Lipinski definition) is 1. The van der Waals surface area contributed by atoms with Crippen molar-refractivity contribution < 1.29 is 18.6 Å². The molecule has 7 nitrogen and oxygen atoms in total. The molecule has 0 amide bonds. The maximum Gasteiger partial charge on any atom is 0.157 e. The van der Waals surface area contributed by atoms with Crippen LogP contribution in [0.15, 0.2) is 49.3 Å². The Morgan fingerprint density at radius 3 is 2.91 bits per heavy atom. The number of benzene rings is 2. The van der Waals surface area contributed by atoms with Gasteiger partial charge in [0, 0.05) is 11.5 Å². The Kier molecular flexibility index (Phi) is 5.23. The fourth-order valence-corrected chi connectivity index (χ4v) is 4.74. The van der Waals surface area contributed by atoms with E-state index in [4.69, 9.17) is 14.2 Å². The van der Waals surface area contributed by atoms with Crippen molar-refractivity contribution in [2.75, 3.05) is 18.5 Å². The molecule has 0 radical (unpaired) electrons. The molecule has 1 aromatic heterocycles. The van der Waals surface area contributed by atoms with Crippen LogP contribution < -0.4 is 10.1 Å². The van der Waals surface area contributed by atoms with E-state index in [9.17, 15) is 9.65 Å². The van der Waals surface area contributed by atoms with Gasteiger partial charge in [-0.3, -0.25) is 0 Å². The molecule has 0 saturated carbocycles. The van der Waals surface area contributed by atoms with Crippen molar-refractivity contribution >= 4 is 22.4 Å². The molecule has 2 saturated heterocycles. The van der Waals surface area contributed by atoms with E-state index in [1.54, 1.807) is 12.1 Å². The molecule has 1 N–H and O–H groups in total. The third-order valence-corrected chi connectivity index (χ3v) is 6.28. The molecule has 0 spiro atoms. The SMILES string of the molecule is C=CC12OC[C@@H](C#N)C1OC[C@H]2Oc1cc(F)ccc1Nc1ncnc2cc(C)cc(C)c12. The lowest BCUT2D eigenvalue weighted by Gasteiger charge is -2.30. The van der Waals surface area contributed by atoms with Crippen molar-refractivity contribution in [1.29, 1.82) is 5.26 Å². The van der Waals surface area contributed by atoms with Crippen LogP contribution in [-0.2, 0) is 9.47 Å². The quantitative estimate of drug-likeness (QED) is 0.582. The summed E-state index contributed by atoms with van der Waals surface area (Å²) in [5, 5.41) is 13.6. The number of ether oxygens (including phenoxy) is 3. The van der Waals surface area contributed by atoms with Gasteiger partial charge in [-0.1, -0.05) is 18.7 Å². The van der Waals surface area contributed by atoms with Gasteiger partial charge in [0.05, 0.1) is 36.4 Å². The zero-order valence-corrected chi connectivity index (χ0v) is 18.3. The van der Waals surface area contributed by atoms with Crippen LogP contribution in [0.1, 0.15) is 11.1 Å². The summed E-state index contributed by atoms with van der Waals surface area (Å²) in [6, 6.07) is 10.5. The second-order valence-corrected chi connectivity index (χ2v) is 8.43. The number of hydrogen-bond acceptors (Lipinski definition) is 7. The topological polar surface area (TPSA) is 89.3 Å². The second kappa shape index (κ2) is 8.10. The van der Waals surface area contributed by atoms with Crippen LogP contribution >= 0.6 is 0 Å². The van der Waals surface area contributed by atoms with Crippen LogP contribution in [-0.4, -0.2) is 41.0 Å². The summed E-state index contributed by atoms with van der Waals surface area (Å²) in [6.45, 7) is 8.33. The number of nitrogens with zero attached hydrogens (tertiary/aromatic N) is 3. The van der Waals surface area contributed by atoms with Crippen LogP contribution in [0.4, 0.5) is 15.9 Å². The minimum Gasteiger partial charge on any atom is -0.482 e. The van der Waals surface area contributed by atoms with Crippen molar-refractivity contribution in [3.8, 4) is 11.8 Å². The Balaban J connectivity index is 1.50. The second-order valence-electron chi connectivity index (χ2n) is 8.43. The summed E-state index contributed by atoms with van der Waals surface area (Å²) < 4.78 is 32.3. The molecular formula is C25H23FN4O3. The van der Waals surface area contributed by atoms with Crippen LogP contribution in [0.3, 0.4) is 0 Å². The molecule has 2 fully saturated rings. The zero-order valence-electron chi connectivity index (χ0n) is 18.3. The fourth-order valence-electron chi connectivity index (χ4n) is 4.74. The van der Waals surface area contributed by atoms with E-state index in [2.05, 4.69) is 34.0 Å². The normalized spacial score (nSPS) is 26.1. The molecule has 2 aromatic carbocycles. The number of nitriles is 1. The van der Waals surface area contributed by atoms with Gasteiger partial charge < -0.3 is 19.5 Å². The molecule has 168 valence electrons. The molecule has 33 heavy (non-hydrogen) atoms. The van der Waals surface area contributed by atoms with Crippen LogP contribution in [0.2, 0.25) is 0 Å². The van der Waals surface area contributed by atoms with Crippen molar-refractivity contribution in [1.82, 2.24) is 9.97 Å². The molecule has 5 rings (SSSR count). The zero-order chi connectivity index (χ0) is 23.2. The first-order valence-corrected chi connectivity index (χ1v) is 10.7. The number of rotatable bonds is 5. The molecule has 0 bridgehead atoms. The van der Waals surface area contributed by atoms with E-state index in [1.807, 2.05) is 19.9 Å². The van der Waals surface area contributed by atoms with E-state index in [0.29, 0.717) is 11.5 Å². The number of aromatic nitrogens is 2. The van der Waals surface area contributed by atoms with Crippen LogP contribution in [0.25, 0.3) is 10.9 Å². The molecule has 3 aromatic rings. The first kappa shape index (κ1) is 21.3. The summed E-state index contributed by atoms with van der Waals surface area (Å²) in [4.78, 5) is 8.80. The predicted octanol–water partition coefficient (Wildman–Crippen LogP) is 4.37. The number of halogens is 1. The minimum absolute atomic E-state index is 0.194. The van der Waals surface area contributed by atoms with Gasteiger partial charge in [0.2, 0.25) is 0 Å². The number of anilines is 2. The number of nitrogens with one attached hydrogen (secondary N) is 1. The molecule has 0 aliphatic carbocycles. The summed E-state index contributed by atoms with van der Waals surface area (Å²) in [6.07, 6.45) is 2.05. The average Bonchev–Trinajstić information content (AvgIpc) is 3.33. The Morgan fingerprint density at radius 2 is 2.12 bits per heavy atom. The van der Waals surface area contributed by atoms with Gasteiger partial charge in [-0.2, -0.15) is 5.26 Å². The highest BCUT2D eigenvalue weighted by atomic mass is 19.1. The highest BCUT2D eigenvalue weighted by Crippen LogP contribution is 2.44. The van der Waals surface area contributed by atoms with Gasteiger partial charge in [0.25, 0.3) is 0 Å². The minimum atomic E-state index is -0.973. The highest BCUT2D eigenvalue weighted by Gasteiger charge is 2.60. The number of aryl methyl sites for hydroxylation is 2. The van der Waals surface area contributed by atoms with Crippen LogP contribution in [0, 0.1) is 36.9 Å². The van der Waals surface area contributed by atoms with Crippen molar-refractivity contribution in [3.05, 3.63) is 66.3 Å². The Morgan fingerprint density at radius 1 is 1.27 bits per heavy atom. The van der Waals surface area contributed by atoms with Crippen molar-refractivity contribution in [2.24, 2.45) is 5.92 Å². The average molecular weight is 446 g/mol. The third kappa shape index (κ3) is 3.50. The van der Waals surface area contributed by atoms with Gasteiger partial charge in [0.1, 0.15) is 29.8 Å². The van der Waals surface area contributed by atoms with Gasteiger partial charge in [0.15, 0.2) is 11.7 Å². The van der Waals surface area contributed by atoms with Gasteiger partial charge in [-0.15, -0.1) is 0 Å². The number of fused-ring (bicyclic) bond motifs is 2. The Labute approximate surface area is 190 Å². The van der Waals surface area contributed by atoms with Crippen LogP contribution in [0.5, 0.6) is 5.75 Å². The molecule has 3 heterocycles. The van der Waals surface area contributed by atoms with E-state index < -0.39 is 29.5 Å². The van der Waals surface area contributed by atoms with Gasteiger partial charge in [-0.25, -0.2) is 14.4 Å². The lowest BCUT2D eigenvalue weighted by atomic mass is 9.89. The van der Waals surface area contributed by atoms with Gasteiger partial charge >= 0.3 is 0 Å². The summed E-state index contributed by atoms with van der Waals surface area (Å²) >= 11 is 0. The molecule has 2 unspecified atom stereocenters. The summed E-state index contributed by atoms with van der Waals surface area (Å²) in [5.41, 5.74) is 2.51. The molecule has 2 aliphatic rings. The van der Waals surface area contributed by atoms with Gasteiger partial charge in [-0.05, 0) is 43.2 Å². The first-order valence-electron chi connectivity index (χ1n) is 10.7. The predicted molar refractivity (Wildman–Crippen MR) is 121 cm³/mol. The van der Waals surface area contributed by atoms with Crippen molar-refractivity contribution in [3.63, 3.8) is 0 Å². The largest absolute Gasteiger partial charge is 0.482 e. The monoisotopic (exact) mass is 446 g/mol. The lowest BCUT2D eigenvalue weighted by Crippen LogP contribution is -2.47. The lowest BCUT2D eigenvalue weighted by molar-refractivity contribution is -0.0299. The molecule has 4 atom stereocenters. The molecule has 2 aliphatic heterocycles. The maximum atomic E-state index is 14.2. The standard InChI is InChI=1S/C25H23FN4O3/c1-4-25-21(12-31-23(25)16(10-27)11-32-25)33-20-9-17(26)5-6-18(20)30-24-22-15(3)7-14(2)8-19(22)28-13-29-24/h4-9,13,16,21,23H,1,11-12H2,2-3H3,(H,28,29,30)/t16-,21-,23?,25?/m1/s1. The fraction of sp³-hybridized carbons (Fsp3) is 0.320. The smallest absolute Gasteiger partial charge is 0.157 e. The third-order valence-electron chi connectivity index (χ3n) is 6.28. The molecule has 8 heteroatoms. The highest BCUT2D eigenvalue weighted by molar-refractivity contribution is 5.94. The maximum absolute atomic E-state index is 14.2. The van der Waals surface area contributed by atoms with E-state index >= 15 is 0 Å². The van der Waals surface area contributed by atoms with E-state index in [-0.39, 0.29) is 19.0 Å². The molecular weight excluding hydrogens is 423 g/mol. The van der Waals surface area contributed by atoms with E-state index in [1.165, 1.54) is 18.5 Å².